The van der Waals surface area contributed by atoms with Crippen molar-refractivity contribution < 1.29 is 0 Å². The molecule has 1 heterocycles. The van der Waals surface area contributed by atoms with Gasteiger partial charge in [0.15, 0.2) is 0 Å². The predicted molar refractivity (Wildman–Crippen MR) is 63.5 cm³/mol. The van der Waals surface area contributed by atoms with E-state index in [2.05, 4.69) is 35.2 Å². The molecule has 0 atom stereocenters. The van der Waals surface area contributed by atoms with Gasteiger partial charge in [-0.05, 0) is 31.5 Å². The van der Waals surface area contributed by atoms with Gasteiger partial charge < -0.3 is 5.32 Å². The molecule has 3 nitrogen and oxygen atoms in total. The summed E-state index contributed by atoms with van der Waals surface area (Å²) in [6, 6.07) is 1.91. The van der Waals surface area contributed by atoms with E-state index in [4.69, 9.17) is 0 Å². The second-order valence-corrected chi connectivity index (χ2v) is 3.98. The van der Waals surface area contributed by atoms with Crippen LogP contribution in [-0.2, 0) is 0 Å². The predicted octanol–water partition coefficient (Wildman–Crippen LogP) is 2.04. The van der Waals surface area contributed by atoms with Crippen LogP contribution in [0.4, 0.5) is 0 Å². The first-order valence-electron chi connectivity index (χ1n) is 5.35. The van der Waals surface area contributed by atoms with E-state index in [0.29, 0.717) is 5.92 Å². The van der Waals surface area contributed by atoms with E-state index >= 15 is 0 Å². The van der Waals surface area contributed by atoms with Crippen molar-refractivity contribution in [2.75, 3.05) is 13.1 Å². The van der Waals surface area contributed by atoms with Gasteiger partial charge in [0.25, 0.3) is 0 Å². The van der Waals surface area contributed by atoms with Crippen LogP contribution in [0.5, 0.6) is 0 Å². The second kappa shape index (κ2) is 6.30. The molecule has 1 aromatic rings. The van der Waals surface area contributed by atoms with E-state index in [1.54, 1.807) is 6.20 Å². The molecule has 0 unspecified atom stereocenters. The van der Waals surface area contributed by atoms with Crippen molar-refractivity contribution in [2.24, 2.45) is 5.92 Å². The molecule has 1 aromatic heterocycles. The quantitative estimate of drug-likeness (QED) is 0.747. The van der Waals surface area contributed by atoms with E-state index in [1.807, 2.05) is 19.1 Å². The largest absolute Gasteiger partial charge is 0.313 e. The minimum absolute atomic E-state index is 0.694. The highest BCUT2D eigenvalue weighted by Crippen LogP contribution is 1.96. The molecular formula is C12H19N3. The number of nitrogens with one attached hydrogen (secondary N) is 1. The summed E-state index contributed by atoms with van der Waals surface area (Å²) in [7, 11) is 0. The third-order valence-corrected chi connectivity index (χ3v) is 1.90. The van der Waals surface area contributed by atoms with Gasteiger partial charge in [0.1, 0.15) is 5.82 Å². The first kappa shape index (κ1) is 11.9. The average Bonchev–Trinajstić information content (AvgIpc) is 2.17. The van der Waals surface area contributed by atoms with Crippen LogP contribution in [0.1, 0.15) is 25.4 Å². The second-order valence-electron chi connectivity index (χ2n) is 3.98. The maximum absolute atomic E-state index is 4.28. The van der Waals surface area contributed by atoms with E-state index < -0.39 is 0 Å². The maximum Gasteiger partial charge on any atom is 0.125 e. The summed E-state index contributed by atoms with van der Waals surface area (Å²) in [4.78, 5) is 8.33. The maximum atomic E-state index is 4.28. The van der Waals surface area contributed by atoms with Crippen molar-refractivity contribution >= 4 is 6.08 Å². The molecule has 15 heavy (non-hydrogen) atoms. The Kier molecular flexibility index (Phi) is 4.98. The molecular weight excluding hydrogens is 186 g/mol. The fourth-order valence-electron chi connectivity index (χ4n) is 1.20. The Morgan fingerprint density at radius 1 is 1.47 bits per heavy atom. The van der Waals surface area contributed by atoms with E-state index in [9.17, 15) is 0 Å². The Morgan fingerprint density at radius 2 is 2.27 bits per heavy atom. The Balaban J connectivity index is 2.32. The smallest absolute Gasteiger partial charge is 0.125 e. The van der Waals surface area contributed by atoms with Crippen molar-refractivity contribution in [1.29, 1.82) is 0 Å². The van der Waals surface area contributed by atoms with Crippen LogP contribution in [0.15, 0.2) is 18.3 Å². The summed E-state index contributed by atoms with van der Waals surface area (Å²) < 4.78 is 0. The molecule has 0 aromatic carbocycles. The Bertz CT molecular complexity index is 318. The zero-order valence-electron chi connectivity index (χ0n) is 9.70. The summed E-state index contributed by atoms with van der Waals surface area (Å²) in [5.74, 6) is 1.51. The highest BCUT2D eigenvalue weighted by atomic mass is 14.9. The molecule has 0 aliphatic carbocycles. The topological polar surface area (TPSA) is 37.8 Å². The van der Waals surface area contributed by atoms with E-state index in [-0.39, 0.29) is 0 Å². The lowest BCUT2D eigenvalue weighted by Gasteiger charge is -2.03. The lowest BCUT2D eigenvalue weighted by atomic mass is 10.2. The number of aromatic nitrogens is 2. The Labute approximate surface area is 91.7 Å². The van der Waals surface area contributed by atoms with E-state index in [0.717, 1.165) is 24.6 Å². The van der Waals surface area contributed by atoms with Crippen molar-refractivity contribution in [3.63, 3.8) is 0 Å². The molecule has 1 N–H and O–H groups in total. The van der Waals surface area contributed by atoms with Gasteiger partial charge in [-0.25, -0.2) is 9.97 Å². The van der Waals surface area contributed by atoms with Crippen molar-refractivity contribution in [3.05, 3.63) is 29.9 Å². The van der Waals surface area contributed by atoms with Crippen molar-refractivity contribution in [1.82, 2.24) is 15.3 Å². The molecule has 0 saturated carbocycles. The van der Waals surface area contributed by atoms with Gasteiger partial charge in [-0.15, -0.1) is 0 Å². The van der Waals surface area contributed by atoms with Crippen LogP contribution in [-0.4, -0.2) is 23.1 Å². The third-order valence-electron chi connectivity index (χ3n) is 1.90. The molecule has 0 bridgehead atoms. The fourth-order valence-corrected chi connectivity index (χ4v) is 1.20. The molecule has 0 fully saturated rings. The summed E-state index contributed by atoms with van der Waals surface area (Å²) >= 11 is 0. The summed E-state index contributed by atoms with van der Waals surface area (Å²) in [5.41, 5.74) is 0.967. The van der Waals surface area contributed by atoms with E-state index in [1.165, 1.54) is 0 Å². The lowest BCUT2D eigenvalue weighted by Crippen LogP contribution is -2.19. The Morgan fingerprint density at radius 3 is 2.93 bits per heavy atom. The fraction of sp³-hybridized carbons (Fsp3) is 0.500. The molecule has 0 amide bonds. The van der Waals surface area contributed by atoms with Gasteiger partial charge >= 0.3 is 0 Å². The van der Waals surface area contributed by atoms with Gasteiger partial charge in [-0.3, -0.25) is 0 Å². The number of rotatable bonds is 5. The number of hydrogen-bond donors (Lipinski definition) is 1. The van der Waals surface area contributed by atoms with Crippen molar-refractivity contribution in [2.45, 2.75) is 20.8 Å². The molecule has 0 spiro atoms. The SMILES string of the molecule is Cc1nccc(/C=C/CNCC(C)C)n1. The summed E-state index contributed by atoms with van der Waals surface area (Å²) in [6.45, 7) is 8.23. The molecule has 3 heteroatoms. The summed E-state index contributed by atoms with van der Waals surface area (Å²) in [6.07, 6.45) is 5.88. The van der Waals surface area contributed by atoms with Crippen molar-refractivity contribution in [3.8, 4) is 0 Å². The minimum Gasteiger partial charge on any atom is -0.313 e. The normalized spacial score (nSPS) is 11.5. The minimum atomic E-state index is 0.694. The van der Waals surface area contributed by atoms with Gasteiger partial charge in [0.2, 0.25) is 0 Å². The van der Waals surface area contributed by atoms with Crippen LogP contribution in [0.2, 0.25) is 0 Å². The zero-order valence-corrected chi connectivity index (χ0v) is 9.70. The molecule has 82 valence electrons. The number of nitrogens with zero attached hydrogens (tertiary/aromatic N) is 2. The molecule has 0 aliphatic heterocycles. The molecule has 1 rings (SSSR count). The first-order chi connectivity index (χ1) is 7.18. The zero-order chi connectivity index (χ0) is 11.1. The van der Waals surface area contributed by atoms with Gasteiger partial charge in [-0.1, -0.05) is 19.9 Å². The van der Waals surface area contributed by atoms with Crippen LogP contribution >= 0.6 is 0 Å². The monoisotopic (exact) mass is 205 g/mol. The van der Waals surface area contributed by atoms with Gasteiger partial charge in [0, 0.05) is 12.7 Å². The van der Waals surface area contributed by atoms with Crippen LogP contribution in [0.25, 0.3) is 6.08 Å². The Hall–Kier alpha value is -1.22. The number of aryl methyl sites for hydroxylation is 1. The highest BCUT2D eigenvalue weighted by molar-refractivity contribution is 5.43. The van der Waals surface area contributed by atoms with Crippen LogP contribution in [0.3, 0.4) is 0 Å². The van der Waals surface area contributed by atoms with Crippen LogP contribution in [0, 0.1) is 12.8 Å². The number of hydrogen-bond acceptors (Lipinski definition) is 3. The third kappa shape index (κ3) is 5.27. The summed E-state index contributed by atoms with van der Waals surface area (Å²) in [5, 5.41) is 3.34. The van der Waals surface area contributed by atoms with Gasteiger partial charge in [-0.2, -0.15) is 0 Å². The molecule has 0 radical (unpaired) electrons. The first-order valence-corrected chi connectivity index (χ1v) is 5.35. The van der Waals surface area contributed by atoms with Gasteiger partial charge in [0.05, 0.1) is 5.69 Å². The molecule has 0 saturated heterocycles. The average molecular weight is 205 g/mol. The molecule has 0 aliphatic rings. The van der Waals surface area contributed by atoms with Crippen LogP contribution < -0.4 is 5.32 Å². The highest BCUT2D eigenvalue weighted by Gasteiger charge is 1.91. The lowest BCUT2D eigenvalue weighted by molar-refractivity contribution is 0.577. The standard InChI is InChI=1S/C12H19N3/c1-10(2)9-13-7-4-5-12-6-8-14-11(3)15-12/h4-6,8,10,13H,7,9H2,1-3H3/b5-4+.